The topological polar surface area (TPSA) is 79.4 Å². The first kappa shape index (κ1) is 21.4. The second-order valence-corrected chi connectivity index (χ2v) is 9.91. The number of halogens is 1. The molecule has 0 fully saturated rings. The summed E-state index contributed by atoms with van der Waals surface area (Å²) >= 11 is 7.01. The van der Waals surface area contributed by atoms with Gasteiger partial charge in [-0.2, -0.15) is 0 Å². The van der Waals surface area contributed by atoms with Crippen molar-refractivity contribution in [3.8, 4) is 11.1 Å². The third-order valence-corrected chi connectivity index (χ3v) is 7.88. The Kier molecular flexibility index (Phi) is 6.38. The van der Waals surface area contributed by atoms with Gasteiger partial charge in [0.25, 0.3) is 10.0 Å². The van der Waals surface area contributed by atoms with Gasteiger partial charge in [-0.25, -0.2) is 18.1 Å². The fourth-order valence-electron chi connectivity index (χ4n) is 2.74. The van der Waals surface area contributed by atoms with Crippen LogP contribution in [0.4, 0.5) is 5.13 Å². The first-order chi connectivity index (χ1) is 13.7. The van der Waals surface area contributed by atoms with Crippen LogP contribution in [0, 0.1) is 6.92 Å². The Morgan fingerprint density at radius 2 is 1.86 bits per heavy atom. The lowest BCUT2D eigenvalue weighted by atomic mass is 10.0. The Morgan fingerprint density at radius 1 is 1.17 bits per heavy atom. The minimum atomic E-state index is -3.60. The molecule has 0 radical (unpaired) electrons. The number of amides is 1. The SMILES string of the molecule is CNS(=O)(=O)c1sc(N(C)C(=O)Cc2ccc(-c3cccc(Cl)c3)cc2)nc1C. The van der Waals surface area contributed by atoms with Gasteiger partial charge in [0.2, 0.25) is 5.91 Å². The molecular weight excluding hydrogens is 430 g/mol. The average Bonchev–Trinajstić information content (AvgIpc) is 3.10. The van der Waals surface area contributed by atoms with Gasteiger partial charge in [0, 0.05) is 12.1 Å². The number of aryl methyl sites for hydroxylation is 1. The standard InChI is InChI=1S/C20H20ClN3O3S2/c1-13-19(29(26,27)22-2)28-20(23-13)24(3)18(25)11-14-7-9-15(10-8-14)16-5-4-6-17(21)12-16/h4-10,12,22H,11H2,1-3H3. The molecule has 2 aromatic carbocycles. The summed E-state index contributed by atoms with van der Waals surface area (Å²) in [5.41, 5.74) is 3.23. The van der Waals surface area contributed by atoms with E-state index in [-0.39, 0.29) is 16.5 Å². The van der Waals surface area contributed by atoms with Gasteiger partial charge in [-0.15, -0.1) is 0 Å². The number of aromatic nitrogens is 1. The maximum absolute atomic E-state index is 12.7. The Hall–Kier alpha value is -2.26. The van der Waals surface area contributed by atoms with Gasteiger partial charge in [-0.1, -0.05) is 59.3 Å². The fourth-order valence-corrected chi connectivity index (χ4v) is 5.24. The molecule has 0 atom stereocenters. The van der Waals surface area contributed by atoms with Gasteiger partial charge < -0.3 is 0 Å². The quantitative estimate of drug-likeness (QED) is 0.619. The van der Waals surface area contributed by atoms with Crippen LogP contribution in [-0.4, -0.2) is 33.4 Å². The number of carbonyl (C=O) groups excluding carboxylic acids is 1. The number of nitrogens with zero attached hydrogens (tertiary/aromatic N) is 2. The largest absolute Gasteiger partial charge is 0.291 e. The molecule has 6 nitrogen and oxygen atoms in total. The molecule has 0 saturated heterocycles. The predicted molar refractivity (Wildman–Crippen MR) is 117 cm³/mol. The van der Waals surface area contributed by atoms with Gasteiger partial charge in [-0.05, 0) is 42.8 Å². The van der Waals surface area contributed by atoms with E-state index in [1.165, 1.54) is 11.9 Å². The maximum Gasteiger partial charge on any atom is 0.251 e. The summed E-state index contributed by atoms with van der Waals surface area (Å²) in [6.45, 7) is 1.61. The van der Waals surface area contributed by atoms with E-state index in [9.17, 15) is 13.2 Å². The molecule has 0 saturated carbocycles. The average molecular weight is 450 g/mol. The first-order valence-corrected chi connectivity index (χ1v) is 11.4. The number of anilines is 1. The monoisotopic (exact) mass is 449 g/mol. The number of likely N-dealkylation sites (N-methyl/N-ethyl adjacent to an activating group) is 1. The summed E-state index contributed by atoms with van der Waals surface area (Å²) in [5, 5.41) is 1.01. The zero-order chi connectivity index (χ0) is 21.2. The van der Waals surface area contributed by atoms with Gasteiger partial charge in [-0.3, -0.25) is 9.69 Å². The van der Waals surface area contributed by atoms with E-state index in [2.05, 4.69) is 9.71 Å². The van der Waals surface area contributed by atoms with E-state index in [0.717, 1.165) is 28.0 Å². The number of rotatable bonds is 6. The molecule has 29 heavy (non-hydrogen) atoms. The molecule has 1 amide bonds. The molecule has 0 aliphatic rings. The van der Waals surface area contributed by atoms with Crippen molar-refractivity contribution in [2.24, 2.45) is 0 Å². The molecule has 0 spiro atoms. The van der Waals surface area contributed by atoms with Crippen molar-refractivity contribution >= 4 is 44.0 Å². The van der Waals surface area contributed by atoms with E-state index >= 15 is 0 Å². The molecule has 1 heterocycles. The summed E-state index contributed by atoms with van der Waals surface area (Å²) in [7, 11) is -0.664. The molecule has 1 N–H and O–H groups in total. The second-order valence-electron chi connectivity index (χ2n) is 6.41. The fraction of sp³-hybridized carbons (Fsp3) is 0.200. The zero-order valence-electron chi connectivity index (χ0n) is 16.1. The molecule has 3 rings (SSSR count). The minimum Gasteiger partial charge on any atom is -0.291 e. The third-order valence-electron chi connectivity index (χ3n) is 4.38. The summed E-state index contributed by atoms with van der Waals surface area (Å²) < 4.78 is 26.5. The smallest absolute Gasteiger partial charge is 0.251 e. The highest BCUT2D eigenvalue weighted by Crippen LogP contribution is 2.29. The molecule has 0 aliphatic heterocycles. The van der Waals surface area contributed by atoms with Crippen LogP contribution >= 0.6 is 22.9 Å². The molecule has 0 aliphatic carbocycles. The van der Waals surface area contributed by atoms with Gasteiger partial charge in [0.15, 0.2) is 9.34 Å². The van der Waals surface area contributed by atoms with Crippen LogP contribution in [0.5, 0.6) is 0 Å². The summed E-state index contributed by atoms with van der Waals surface area (Å²) in [6, 6.07) is 15.2. The molecule has 0 bridgehead atoms. The van der Waals surface area contributed by atoms with Gasteiger partial charge in [0.05, 0.1) is 12.1 Å². The van der Waals surface area contributed by atoms with E-state index in [4.69, 9.17) is 11.6 Å². The van der Waals surface area contributed by atoms with E-state index in [0.29, 0.717) is 15.8 Å². The van der Waals surface area contributed by atoms with E-state index in [1.807, 2.05) is 48.5 Å². The van der Waals surface area contributed by atoms with Crippen molar-refractivity contribution < 1.29 is 13.2 Å². The number of thiazole rings is 1. The van der Waals surface area contributed by atoms with Crippen molar-refractivity contribution in [3.05, 3.63) is 64.8 Å². The van der Waals surface area contributed by atoms with Crippen molar-refractivity contribution in [2.45, 2.75) is 17.6 Å². The molecule has 1 aromatic heterocycles. The number of benzene rings is 2. The molecular formula is C20H20ClN3O3S2. The Labute approximate surface area is 179 Å². The second kappa shape index (κ2) is 8.62. The first-order valence-electron chi connectivity index (χ1n) is 8.73. The number of hydrogen-bond donors (Lipinski definition) is 1. The Balaban J connectivity index is 1.74. The Bertz CT molecular complexity index is 1140. The summed E-state index contributed by atoms with van der Waals surface area (Å²) in [6.07, 6.45) is 0.180. The van der Waals surface area contributed by atoms with Crippen molar-refractivity contribution in [2.75, 3.05) is 19.0 Å². The van der Waals surface area contributed by atoms with Crippen molar-refractivity contribution in [3.63, 3.8) is 0 Å². The van der Waals surface area contributed by atoms with E-state index < -0.39 is 10.0 Å². The predicted octanol–water partition coefficient (Wildman–Crippen LogP) is 3.89. The summed E-state index contributed by atoms with van der Waals surface area (Å²) in [4.78, 5) is 18.3. The van der Waals surface area contributed by atoms with Crippen LogP contribution in [0.2, 0.25) is 5.02 Å². The molecule has 3 aromatic rings. The lowest BCUT2D eigenvalue weighted by Crippen LogP contribution is -2.27. The van der Waals surface area contributed by atoms with Crippen LogP contribution in [-0.2, 0) is 21.2 Å². The lowest BCUT2D eigenvalue weighted by Gasteiger charge is -2.14. The normalized spacial score (nSPS) is 11.4. The zero-order valence-corrected chi connectivity index (χ0v) is 18.5. The molecule has 152 valence electrons. The van der Waals surface area contributed by atoms with Crippen LogP contribution in [0.1, 0.15) is 11.3 Å². The van der Waals surface area contributed by atoms with Crippen LogP contribution < -0.4 is 9.62 Å². The highest BCUT2D eigenvalue weighted by atomic mass is 35.5. The number of carbonyl (C=O) groups is 1. The number of nitrogens with one attached hydrogen (secondary N) is 1. The van der Waals surface area contributed by atoms with Crippen LogP contribution in [0.25, 0.3) is 11.1 Å². The van der Waals surface area contributed by atoms with E-state index in [1.54, 1.807) is 14.0 Å². The molecule has 9 heteroatoms. The highest BCUT2D eigenvalue weighted by molar-refractivity contribution is 7.91. The number of hydrogen-bond acceptors (Lipinski definition) is 5. The van der Waals surface area contributed by atoms with Gasteiger partial charge >= 0.3 is 0 Å². The summed E-state index contributed by atoms with van der Waals surface area (Å²) in [5.74, 6) is -0.178. The van der Waals surface area contributed by atoms with Crippen LogP contribution in [0.3, 0.4) is 0 Å². The Morgan fingerprint density at radius 3 is 2.48 bits per heavy atom. The number of sulfonamides is 1. The van der Waals surface area contributed by atoms with Crippen LogP contribution in [0.15, 0.2) is 52.7 Å². The highest BCUT2D eigenvalue weighted by Gasteiger charge is 2.23. The van der Waals surface area contributed by atoms with Crippen molar-refractivity contribution in [1.29, 1.82) is 0 Å². The minimum absolute atomic E-state index is 0.112. The van der Waals surface area contributed by atoms with Crippen molar-refractivity contribution in [1.82, 2.24) is 9.71 Å². The third kappa shape index (κ3) is 4.84. The maximum atomic E-state index is 12.7. The lowest BCUT2D eigenvalue weighted by molar-refractivity contribution is -0.117. The van der Waals surface area contributed by atoms with Gasteiger partial charge in [0.1, 0.15) is 0 Å². The molecule has 0 unspecified atom stereocenters.